The summed E-state index contributed by atoms with van der Waals surface area (Å²) in [6, 6.07) is 7.37. The molecule has 1 unspecified atom stereocenters. The molecule has 21 heavy (non-hydrogen) atoms. The highest BCUT2D eigenvalue weighted by Crippen LogP contribution is 2.34. The van der Waals surface area contributed by atoms with E-state index in [9.17, 15) is 9.90 Å². The van der Waals surface area contributed by atoms with E-state index in [1.165, 1.54) is 19.3 Å². The molecular weight excluding hydrogens is 262 g/mol. The predicted octanol–water partition coefficient (Wildman–Crippen LogP) is 4.03. The van der Waals surface area contributed by atoms with Crippen molar-refractivity contribution in [3.63, 3.8) is 0 Å². The zero-order valence-corrected chi connectivity index (χ0v) is 13.4. The molecule has 1 atom stereocenters. The number of hydrogen-bond donors (Lipinski definition) is 1. The molecule has 0 aromatic heterocycles. The van der Waals surface area contributed by atoms with E-state index < -0.39 is 5.97 Å². The summed E-state index contributed by atoms with van der Waals surface area (Å²) in [6.45, 7) is 9.86. The van der Waals surface area contributed by atoms with E-state index in [1.54, 1.807) is 12.1 Å². The number of carboxylic acid groups (broad SMARTS) is 1. The molecular formula is C18H27NO2. The smallest absolute Gasteiger partial charge is 0.336 e. The Hall–Kier alpha value is -1.35. The van der Waals surface area contributed by atoms with Gasteiger partial charge in [-0.1, -0.05) is 39.0 Å². The summed E-state index contributed by atoms with van der Waals surface area (Å²) < 4.78 is 0. The first kappa shape index (κ1) is 16.0. The maximum absolute atomic E-state index is 11.3. The highest BCUT2D eigenvalue weighted by molar-refractivity contribution is 5.89. The Bertz CT molecular complexity index is 490. The molecule has 0 saturated carbocycles. The van der Waals surface area contributed by atoms with Crippen molar-refractivity contribution in [1.82, 2.24) is 4.90 Å². The highest BCUT2D eigenvalue weighted by atomic mass is 16.4. The van der Waals surface area contributed by atoms with E-state index in [0.29, 0.717) is 11.0 Å². The molecule has 1 fully saturated rings. The first-order valence-corrected chi connectivity index (χ1v) is 7.91. The van der Waals surface area contributed by atoms with E-state index in [1.807, 2.05) is 12.1 Å². The number of aromatic carboxylic acids is 1. The number of hydrogen-bond acceptors (Lipinski definition) is 2. The predicted molar refractivity (Wildman–Crippen MR) is 85.5 cm³/mol. The lowest BCUT2D eigenvalue weighted by Crippen LogP contribution is -2.26. The molecule has 3 nitrogen and oxygen atoms in total. The molecule has 116 valence electrons. The minimum Gasteiger partial charge on any atom is -0.478 e. The van der Waals surface area contributed by atoms with Gasteiger partial charge in [-0.15, -0.1) is 0 Å². The zero-order chi connectivity index (χ0) is 15.5. The molecule has 1 saturated heterocycles. The van der Waals surface area contributed by atoms with Gasteiger partial charge in [0.05, 0.1) is 5.56 Å². The quantitative estimate of drug-likeness (QED) is 0.913. The SMILES string of the molecule is CC(C)(C)C1CCCN(Cc2ccccc2C(=O)O)CC1. The van der Waals surface area contributed by atoms with Gasteiger partial charge in [-0.25, -0.2) is 4.79 Å². The van der Waals surface area contributed by atoms with Crippen LogP contribution in [0.15, 0.2) is 24.3 Å². The summed E-state index contributed by atoms with van der Waals surface area (Å²) in [5.41, 5.74) is 1.74. The molecule has 0 amide bonds. The van der Waals surface area contributed by atoms with Crippen LogP contribution in [0.3, 0.4) is 0 Å². The van der Waals surface area contributed by atoms with Crippen molar-refractivity contribution in [1.29, 1.82) is 0 Å². The number of nitrogens with zero attached hydrogens (tertiary/aromatic N) is 1. The van der Waals surface area contributed by atoms with Gasteiger partial charge in [0, 0.05) is 6.54 Å². The standard InChI is InChI=1S/C18H27NO2/c1-18(2,3)15-8-6-11-19(12-10-15)13-14-7-4-5-9-16(14)17(20)21/h4-5,7,9,15H,6,8,10-13H2,1-3H3,(H,20,21). The molecule has 0 spiro atoms. The van der Waals surface area contributed by atoms with Gasteiger partial charge in [0.15, 0.2) is 0 Å². The second-order valence-corrected chi connectivity index (χ2v) is 7.23. The van der Waals surface area contributed by atoms with Gasteiger partial charge >= 0.3 is 5.97 Å². The first-order chi connectivity index (χ1) is 9.88. The van der Waals surface area contributed by atoms with Crippen molar-refractivity contribution < 1.29 is 9.90 Å². The largest absolute Gasteiger partial charge is 0.478 e. The van der Waals surface area contributed by atoms with Gasteiger partial charge in [-0.05, 0) is 55.3 Å². The number of carboxylic acids is 1. The normalized spacial score (nSPS) is 21.0. The van der Waals surface area contributed by atoms with Crippen LogP contribution in [-0.4, -0.2) is 29.1 Å². The van der Waals surface area contributed by atoms with E-state index in [2.05, 4.69) is 25.7 Å². The second-order valence-electron chi connectivity index (χ2n) is 7.23. The van der Waals surface area contributed by atoms with E-state index in [0.717, 1.165) is 31.1 Å². The van der Waals surface area contributed by atoms with Crippen molar-refractivity contribution in [2.75, 3.05) is 13.1 Å². The van der Waals surface area contributed by atoms with Crippen molar-refractivity contribution in [2.24, 2.45) is 11.3 Å². The van der Waals surface area contributed by atoms with Crippen LogP contribution >= 0.6 is 0 Å². The fourth-order valence-corrected chi connectivity index (χ4v) is 3.29. The summed E-state index contributed by atoms with van der Waals surface area (Å²) in [4.78, 5) is 13.7. The number of likely N-dealkylation sites (tertiary alicyclic amines) is 1. The summed E-state index contributed by atoms with van der Waals surface area (Å²) in [7, 11) is 0. The summed E-state index contributed by atoms with van der Waals surface area (Å²) >= 11 is 0. The maximum atomic E-state index is 11.3. The Morgan fingerprint density at radius 2 is 1.95 bits per heavy atom. The fraction of sp³-hybridized carbons (Fsp3) is 0.611. The number of benzene rings is 1. The monoisotopic (exact) mass is 289 g/mol. The average Bonchev–Trinajstić information content (AvgIpc) is 2.64. The third kappa shape index (κ3) is 4.31. The van der Waals surface area contributed by atoms with E-state index in [-0.39, 0.29) is 0 Å². The van der Waals surface area contributed by atoms with Gasteiger partial charge in [0.25, 0.3) is 0 Å². The van der Waals surface area contributed by atoms with Crippen LogP contribution in [0, 0.1) is 11.3 Å². The van der Waals surface area contributed by atoms with E-state index in [4.69, 9.17) is 0 Å². The first-order valence-electron chi connectivity index (χ1n) is 7.91. The third-order valence-electron chi connectivity index (χ3n) is 4.69. The Morgan fingerprint density at radius 1 is 1.24 bits per heavy atom. The van der Waals surface area contributed by atoms with Crippen molar-refractivity contribution in [3.8, 4) is 0 Å². The number of rotatable bonds is 3. The molecule has 0 aliphatic carbocycles. The van der Waals surface area contributed by atoms with Crippen LogP contribution < -0.4 is 0 Å². The molecule has 1 N–H and O–H groups in total. The van der Waals surface area contributed by atoms with Crippen LogP contribution in [-0.2, 0) is 6.54 Å². The van der Waals surface area contributed by atoms with Gasteiger partial charge in [0.1, 0.15) is 0 Å². The Kier molecular flexibility index (Phi) is 5.04. The van der Waals surface area contributed by atoms with Gasteiger partial charge in [-0.3, -0.25) is 4.90 Å². The minimum absolute atomic E-state index is 0.370. The zero-order valence-electron chi connectivity index (χ0n) is 13.4. The molecule has 1 aliphatic rings. The molecule has 0 radical (unpaired) electrons. The lowest BCUT2D eigenvalue weighted by molar-refractivity contribution is 0.0694. The van der Waals surface area contributed by atoms with Crippen LogP contribution in [0.5, 0.6) is 0 Å². The molecule has 3 heteroatoms. The van der Waals surface area contributed by atoms with Crippen LogP contribution in [0.2, 0.25) is 0 Å². The topological polar surface area (TPSA) is 40.5 Å². The second kappa shape index (κ2) is 6.61. The van der Waals surface area contributed by atoms with Gasteiger partial charge < -0.3 is 5.11 Å². The Labute approximate surface area is 128 Å². The van der Waals surface area contributed by atoms with Crippen LogP contribution in [0.4, 0.5) is 0 Å². The highest BCUT2D eigenvalue weighted by Gasteiger charge is 2.27. The molecule has 1 aliphatic heterocycles. The van der Waals surface area contributed by atoms with Gasteiger partial charge in [0.2, 0.25) is 0 Å². The average molecular weight is 289 g/mol. The lowest BCUT2D eigenvalue weighted by atomic mass is 9.77. The van der Waals surface area contributed by atoms with Crippen molar-refractivity contribution in [3.05, 3.63) is 35.4 Å². The van der Waals surface area contributed by atoms with Crippen LogP contribution in [0.1, 0.15) is 56.0 Å². The van der Waals surface area contributed by atoms with E-state index >= 15 is 0 Å². The minimum atomic E-state index is -0.826. The lowest BCUT2D eigenvalue weighted by Gasteiger charge is -2.29. The molecule has 1 aromatic rings. The number of carbonyl (C=O) groups is 1. The Balaban J connectivity index is 2.03. The molecule has 0 bridgehead atoms. The molecule has 1 aromatic carbocycles. The van der Waals surface area contributed by atoms with Gasteiger partial charge in [-0.2, -0.15) is 0 Å². The summed E-state index contributed by atoms with van der Waals surface area (Å²) in [6.07, 6.45) is 3.69. The molecule has 1 heterocycles. The van der Waals surface area contributed by atoms with Crippen molar-refractivity contribution >= 4 is 5.97 Å². The maximum Gasteiger partial charge on any atom is 0.336 e. The third-order valence-corrected chi connectivity index (χ3v) is 4.69. The van der Waals surface area contributed by atoms with Crippen LogP contribution in [0.25, 0.3) is 0 Å². The fourth-order valence-electron chi connectivity index (χ4n) is 3.29. The molecule has 2 rings (SSSR count). The summed E-state index contributed by atoms with van der Waals surface area (Å²) in [5, 5.41) is 9.28. The Morgan fingerprint density at radius 3 is 2.62 bits per heavy atom. The van der Waals surface area contributed by atoms with Crippen molar-refractivity contribution in [2.45, 2.75) is 46.6 Å². The summed E-state index contributed by atoms with van der Waals surface area (Å²) in [5.74, 6) is -0.0646.